The first-order valence-corrected chi connectivity index (χ1v) is 5.54. The van der Waals surface area contributed by atoms with E-state index in [1.165, 1.54) is 0 Å². The Morgan fingerprint density at radius 3 is 2.43 bits per heavy atom. The number of nitrogens with zero attached hydrogens (tertiary/aromatic N) is 1. The predicted octanol–water partition coefficient (Wildman–Crippen LogP) is 2.18. The van der Waals surface area contributed by atoms with Crippen LogP contribution in [0, 0.1) is 0 Å². The SMILES string of the molecule is CNC(=O)N(CCCOI)C(C)(C)C. The summed E-state index contributed by atoms with van der Waals surface area (Å²) >= 11 is 1.86. The van der Waals surface area contributed by atoms with Crippen molar-refractivity contribution in [3.8, 4) is 0 Å². The van der Waals surface area contributed by atoms with Crippen LogP contribution in [0.25, 0.3) is 0 Å². The second-order valence-electron chi connectivity index (χ2n) is 4.04. The molecule has 4 nitrogen and oxygen atoms in total. The standard InChI is InChI=1S/C9H19IN2O2/c1-9(2,3)12(8(13)11-4)6-5-7-14-10/h5-7H2,1-4H3,(H,11,13). The summed E-state index contributed by atoms with van der Waals surface area (Å²) in [5.41, 5.74) is -0.147. The van der Waals surface area contributed by atoms with Gasteiger partial charge in [-0.2, -0.15) is 0 Å². The van der Waals surface area contributed by atoms with E-state index in [0.29, 0.717) is 13.2 Å². The molecular weight excluding hydrogens is 295 g/mol. The molecule has 0 aromatic carbocycles. The normalized spacial score (nSPS) is 11.2. The van der Waals surface area contributed by atoms with Gasteiger partial charge in [0.2, 0.25) is 0 Å². The van der Waals surface area contributed by atoms with Crippen LogP contribution in [0.1, 0.15) is 27.2 Å². The van der Waals surface area contributed by atoms with Crippen LogP contribution in [0.2, 0.25) is 0 Å². The van der Waals surface area contributed by atoms with E-state index in [9.17, 15) is 4.79 Å². The maximum absolute atomic E-state index is 11.5. The molecule has 0 saturated heterocycles. The average Bonchev–Trinajstić information content (AvgIpc) is 2.09. The zero-order chi connectivity index (χ0) is 11.2. The van der Waals surface area contributed by atoms with Crippen LogP contribution in [-0.4, -0.2) is 36.7 Å². The van der Waals surface area contributed by atoms with Gasteiger partial charge in [0.05, 0.1) is 6.61 Å². The molecule has 0 unspecified atom stereocenters. The highest BCUT2D eigenvalue weighted by Crippen LogP contribution is 2.13. The number of amides is 2. The molecule has 0 bridgehead atoms. The molecule has 84 valence electrons. The molecule has 0 rings (SSSR count). The average molecular weight is 314 g/mol. The lowest BCUT2D eigenvalue weighted by molar-refractivity contribution is 0.142. The molecule has 0 spiro atoms. The van der Waals surface area contributed by atoms with Crippen LogP contribution >= 0.6 is 23.0 Å². The van der Waals surface area contributed by atoms with Crippen LogP contribution in [0.3, 0.4) is 0 Å². The number of halogens is 1. The number of hydrogen-bond acceptors (Lipinski definition) is 2. The number of rotatable bonds is 4. The van der Waals surface area contributed by atoms with E-state index < -0.39 is 0 Å². The molecule has 1 N–H and O–H groups in total. The Morgan fingerprint density at radius 1 is 1.50 bits per heavy atom. The van der Waals surface area contributed by atoms with E-state index in [4.69, 9.17) is 3.07 Å². The monoisotopic (exact) mass is 314 g/mol. The lowest BCUT2D eigenvalue weighted by Crippen LogP contribution is -2.50. The molecule has 0 aromatic rings. The Hall–Kier alpha value is -0.0400. The van der Waals surface area contributed by atoms with Gasteiger partial charge in [0.25, 0.3) is 0 Å². The molecule has 5 heteroatoms. The Bertz CT molecular complexity index is 180. The highest BCUT2D eigenvalue weighted by atomic mass is 127. The van der Waals surface area contributed by atoms with Crippen molar-refractivity contribution >= 4 is 29.0 Å². The molecule has 0 aliphatic carbocycles. The van der Waals surface area contributed by atoms with Crippen LogP contribution < -0.4 is 5.32 Å². The molecule has 0 heterocycles. The number of carbonyl (C=O) groups is 1. The summed E-state index contributed by atoms with van der Waals surface area (Å²) in [5, 5.41) is 2.64. The van der Waals surface area contributed by atoms with Crippen LogP contribution in [0.15, 0.2) is 0 Å². The van der Waals surface area contributed by atoms with Gasteiger partial charge in [-0.25, -0.2) is 4.79 Å². The number of carbonyl (C=O) groups excluding carboxylic acids is 1. The largest absolute Gasteiger partial charge is 0.341 e. The molecule has 0 aliphatic rings. The Morgan fingerprint density at radius 2 is 2.07 bits per heavy atom. The third kappa shape index (κ3) is 4.99. The van der Waals surface area contributed by atoms with Crippen molar-refractivity contribution in [3.63, 3.8) is 0 Å². The van der Waals surface area contributed by atoms with Gasteiger partial charge >= 0.3 is 6.03 Å². The minimum Gasteiger partial charge on any atom is -0.341 e. The third-order valence-electron chi connectivity index (χ3n) is 1.87. The summed E-state index contributed by atoms with van der Waals surface area (Å²) in [7, 11) is 1.65. The second-order valence-corrected chi connectivity index (χ2v) is 4.67. The summed E-state index contributed by atoms with van der Waals surface area (Å²) in [5.74, 6) is 0. The third-order valence-corrected chi connectivity index (χ3v) is 2.31. The summed E-state index contributed by atoms with van der Waals surface area (Å²) in [6.45, 7) is 7.45. The first-order valence-electron chi connectivity index (χ1n) is 4.66. The minimum atomic E-state index is -0.147. The lowest BCUT2D eigenvalue weighted by Gasteiger charge is -2.35. The summed E-state index contributed by atoms with van der Waals surface area (Å²) in [4.78, 5) is 13.3. The zero-order valence-corrected chi connectivity index (χ0v) is 11.4. The Kier molecular flexibility index (Phi) is 6.43. The molecule has 2 amide bonds. The molecule has 0 fully saturated rings. The van der Waals surface area contributed by atoms with Gasteiger partial charge in [-0.3, -0.25) is 0 Å². The van der Waals surface area contributed by atoms with E-state index >= 15 is 0 Å². The van der Waals surface area contributed by atoms with Gasteiger partial charge in [0.1, 0.15) is 23.0 Å². The van der Waals surface area contributed by atoms with Gasteiger partial charge in [-0.05, 0) is 27.2 Å². The van der Waals surface area contributed by atoms with Gasteiger partial charge in [-0.1, -0.05) is 0 Å². The van der Waals surface area contributed by atoms with Crippen molar-refractivity contribution < 1.29 is 7.86 Å². The highest BCUT2D eigenvalue weighted by Gasteiger charge is 2.24. The van der Waals surface area contributed by atoms with Crippen LogP contribution in [0.4, 0.5) is 4.79 Å². The summed E-state index contributed by atoms with van der Waals surface area (Å²) < 4.78 is 4.93. The highest BCUT2D eigenvalue weighted by molar-refractivity contribution is 14.1. The van der Waals surface area contributed by atoms with Gasteiger partial charge in [0.15, 0.2) is 0 Å². The fourth-order valence-corrected chi connectivity index (χ4v) is 1.47. The minimum absolute atomic E-state index is 0.0361. The van der Waals surface area contributed by atoms with E-state index in [2.05, 4.69) is 5.32 Å². The van der Waals surface area contributed by atoms with Crippen LogP contribution in [0.5, 0.6) is 0 Å². The summed E-state index contributed by atoms with van der Waals surface area (Å²) in [6, 6.07) is -0.0361. The lowest BCUT2D eigenvalue weighted by atomic mass is 10.1. The van der Waals surface area contributed by atoms with Gasteiger partial charge < -0.3 is 13.3 Å². The molecular formula is C9H19IN2O2. The fourth-order valence-electron chi connectivity index (χ4n) is 1.15. The summed E-state index contributed by atoms with van der Waals surface area (Å²) in [6.07, 6.45) is 0.855. The molecule has 0 aliphatic heterocycles. The van der Waals surface area contributed by atoms with Crippen molar-refractivity contribution in [2.45, 2.75) is 32.7 Å². The number of nitrogens with one attached hydrogen (secondary N) is 1. The Labute approximate surface area is 100 Å². The molecule has 0 atom stereocenters. The number of hydrogen-bond donors (Lipinski definition) is 1. The Balaban J connectivity index is 4.19. The molecule has 14 heavy (non-hydrogen) atoms. The van der Waals surface area contributed by atoms with E-state index in [-0.39, 0.29) is 11.6 Å². The van der Waals surface area contributed by atoms with E-state index in [1.807, 2.05) is 48.7 Å². The molecule has 0 aromatic heterocycles. The predicted molar refractivity (Wildman–Crippen MR) is 65.5 cm³/mol. The first kappa shape index (κ1) is 14.0. The van der Waals surface area contributed by atoms with Crippen molar-refractivity contribution in [2.24, 2.45) is 0 Å². The maximum atomic E-state index is 11.5. The van der Waals surface area contributed by atoms with Gasteiger partial charge in [0, 0.05) is 19.1 Å². The van der Waals surface area contributed by atoms with Crippen LogP contribution in [-0.2, 0) is 3.07 Å². The molecule has 0 radical (unpaired) electrons. The zero-order valence-electron chi connectivity index (χ0n) is 9.26. The quantitative estimate of drug-likeness (QED) is 0.638. The number of urea groups is 1. The van der Waals surface area contributed by atoms with Gasteiger partial charge in [-0.15, -0.1) is 0 Å². The van der Waals surface area contributed by atoms with Crippen molar-refractivity contribution in [2.75, 3.05) is 20.2 Å². The van der Waals surface area contributed by atoms with Crippen molar-refractivity contribution in [1.29, 1.82) is 0 Å². The second kappa shape index (κ2) is 6.44. The molecule has 0 saturated carbocycles. The smallest absolute Gasteiger partial charge is 0.317 e. The van der Waals surface area contributed by atoms with Crippen molar-refractivity contribution in [1.82, 2.24) is 10.2 Å². The van der Waals surface area contributed by atoms with E-state index in [1.54, 1.807) is 7.05 Å². The fraction of sp³-hybridized carbons (Fsp3) is 0.889. The maximum Gasteiger partial charge on any atom is 0.317 e. The first-order chi connectivity index (χ1) is 6.43. The van der Waals surface area contributed by atoms with Crippen molar-refractivity contribution in [3.05, 3.63) is 0 Å². The topological polar surface area (TPSA) is 41.6 Å². The van der Waals surface area contributed by atoms with E-state index in [0.717, 1.165) is 6.42 Å².